The van der Waals surface area contributed by atoms with E-state index in [1.807, 2.05) is 6.92 Å². The maximum Gasteiger partial charge on any atom is 0.315 e. The summed E-state index contributed by atoms with van der Waals surface area (Å²) < 4.78 is 18.7. The van der Waals surface area contributed by atoms with Crippen LogP contribution in [-0.2, 0) is 6.54 Å². The fraction of sp³-hybridized carbons (Fsp3) is 0.533. The van der Waals surface area contributed by atoms with Crippen LogP contribution in [0, 0.1) is 5.82 Å². The molecular weight excluding hydrogens is 275 g/mol. The molecule has 0 aliphatic carbocycles. The van der Waals surface area contributed by atoms with E-state index in [0.29, 0.717) is 31.6 Å². The van der Waals surface area contributed by atoms with Crippen LogP contribution in [0.3, 0.4) is 0 Å². The van der Waals surface area contributed by atoms with Crippen molar-refractivity contribution >= 4 is 6.03 Å². The number of aliphatic hydroxyl groups excluding tert-OH is 1. The fourth-order valence-electron chi connectivity index (χ4n) is 1.73. The van der Waals surface area contributed by atoms with Crippen LogP contribution in [0.15, 0.2) is 18.2 Å². The molecule has 21 heavy (non-hydrogen) atoms. The summed E-state index contributed by atoms with van der Waals surface area (Å²) >= 11 is 0. The quantitative estimate of drug-likeness (QED) is 0.689. The number of hydrogen-bond donors (Lipinski definition) is 3. The monoisotopic (exact) mass is 298 g/mol. The van der Waals surface area contributed by atoms with Crippen molar-refractivity contribution in [1.29, 1.82) is 0 Å². The summed E-state index contributed by atoms with van der Waals surface area (Å²) in [4.78, 5) is 11.5. The molecule has 1 aromatic carbocycles. The Balaban J connectivity index is 2.34. The first-order valence-electron chi connectivity index (χ1n) is 7.17. The van der Waals surface area contributed by atoms with Gasteiger partial charge in [-0.2, -0.15) is 0 Å². The molecule has 0 fully saturated rings. The van der Waals surface area contributed by atoms with Crippen LogP contribution < -0.4 is 15.4 Å². The van der Waals surface area contributed by atoms with Crippen LogP contribution in [0.25, 0.3) is 0 Å². The van der Waals surface area contributed by atoms with Gasteiger partial charge in [0, 0.05) is 13.1 Å². The Hall–Kier alpha value is -1.82. The summed E-state index contributed by atoms with van der Waals surface area (Å²) in [6.45, 7) is 4.70. The zero-order valence-electron chi connectivity index (χ0n) is 12.5. The van der Waals surface area contributed by atoms with Gasteiger partial charge in [0.1, 0.15) is 0 Å². The van der Waals surface area contributed by atoms with E-state index in [9.17, 15) is 14.3 Å². The lowest BCUT2D eigenvalue weighted by molar-refractivity contribution is 0.160. The summed E-state index contributed by atoms with van der Waals surface area (Å²) in [6.07, 6.45) is 0.779. The Kier molecular flexibility index (Phi) is 7.53. The van der Waals surface area contributed by atoms with Crippen LogP contribution in [0.2, 0.25) is 0 Å². The molecular formula is C15H23FN2O3. The number of ether oxygens (including phenoxy) is 1. The minimum atomic E-state index is -0.442. The number of hydrogen-bond acceptors (Lipinski definition) is 3. The Morgan fingerprint density at radius 1 is 1.38 bits per heavy atom. The molecule has 1 atom stereocenters. The van der Waals surface area contributed by atoms with Crippen LogP contribution >= 0.6 is 0 Å². The highest BCUT2D eigenvalue weighted by Gasteiger charge is 2.06. The first kappa shape index (κ1) is 17.2. The second kappa shape index (κ2) is 9.18. The molecule has 0 aliphatic heterocycles. The first-order chi connectivity index (χ1) is 10.1. The lowest BCUT2D eigenvalue weighted by atomic mass is 10.2. The molecule has 0 bridgehead atoms. The van der Waals surface area contributed by atoms with E-state index in [4.69, 9.17) is 4.74 Å². The fourth-order valence-corrected chi connectivity index (χ4v) is 1.73. The largest absolute Gasteiger partial charge is 0.491 e. The Morgan fingerprint density at radius 2 is 2.14 bits per heavy atom. The molecule has 0 radical (unpaired) electrons. The van der Waals surface area contributed by atoms with E-state index in [0.717, 1.165) is 0 Å². The number of halogens is 1. The van der Waals surface area contributed by atoms with E-state index in [1.54, 1.807) is 19.1 Å². The summed E-state index contributed by atoms with van der Waals surface area (Å²) in [5.41, 5.74) is 0.652. The number of urea groups is 1. The van der Waals surface area contributed by atoms with Crippen molar-refractivity contribution < 1.29 is 19.0 Å². The highest BCUT2D eigenvalue weighted by atomic mass is 19.1. The minimum Gasteiger partial charge on any atom is -0.491 e. The van der Waals surface area contributed by atoms with Gasteiger partial charge in [-0.05, 0) is 37.5 Å². The molecule has 6 heteroatoms. The number of carbonyl (C=O) groups is 1. The molecule has 118 valence electrons. The van der Waals surface area contributed by atoms with Crippen molar-refractivity contribution in [2.75, 3.05) is 13.2 Å². The molecule has 0 saturated heterocycles. The van der Waals surface area contributed by atoms with Crippen molar-refractivity contribution in [2.24, 2.45) is 0 Å². The van der Waals surface area contributed by atoms with Gasteiger partial charge in [0.2, 0.25) is 0 Å². The molecule has 1 aromatic rings. The number of amides is 2. The maximum atomic E-state index is 13.6. The first-order valence-corrected chi connectivity index (χ1v) is 7.17. The standard InChI is InChI=1S/C15H23FN2O3/c1-3-12(19)7-8-17-15(20)18-10-11-5-6-14(21-4-2)13(16)9-11/h5-6,9,12,19H,3-4,7-8,10H2,1-2H3,(H2,17,18,20). The van der Waals surface area contributed by atoms with Crippen molar-refractivity contribution in [3.05, 3.63) is 29.6 Å². The zero-order chi connectivity index (χ0) is 15.7. The van der Waals surface area contributed by atoms with Gasteiger partial charge in [-0.15, -0.1) is 0 Å². The Morgan fingerprint density at radius 3 is 2.76 bits per heavy atom. The molecule has 3 N–H and O–H groups in total. The van der Waals surface area contributed by atoms with Crippen molar-refractivity contribution in [2.45, 2.75) is 39.3 Å². The second-order valence-corrected chi connectivity index (χ2v) is 4.66. The number of rotatable bonds is 8. The molecule has 5 nitrogen and oxygen atoms in total. The molecule has 0 aliphatic rings. The van der Waals surface area contributed by atoms with E-state index in [-0.39, 0.29) is 18.3 Å². The van der Waals surface area contributed by atoms with Crippen LogP contribution in [0.5, 0.6) is 5.75 Å². The predicted molar refractivity (Wildman–Crippen MR) is 78.7 cm³/mol. The zero-order valence-corrected chi connectivity index (χ0v) is 12.5. The SMILES string of the molecule is CCOc1ccc(CNC(=O)NCCC(O)CC)cc1F. The third-order valence-corrected chi connectivity index (χ3v) is 2.98. The number of nitrogens with one attached hydrogen (secondary N) is 2. The highest BCUT2D eigenvalue weighted by Crippen LogP contribution is 2.18. The van der Waals surface area contributed by atoms with Gasteiger partial charge in [-0.1, -0.05) is 13.0 Å². The molecule has 0 aromatic heterocycles. The number of aliphatic hydroxyl groups is 1. The van der Waals surface area contributed by atoms with E-state index < -0.39 is 11.9 Å². The van der Waals surface area contributed by atoms with Crippen molar-refractivity contribution in [3.63, 3.8) is 0 Å². The van der Waals surface area contributed by atoms with Crippen LogP contribution in [0.1, 0.15) is 32.3 Å². The third kappa shape index (κ3) is 6.44. The van der Waals surface area contributed by atoms with E-state index in [1.165, 1.54) is 6.07 Å². The molecule has 1 unspecified atom stereocenters. The lowest BCUT2D eigenvalue weighted by Crippen LogP contribution is -2.36. The number of carbonyl (C=O) groups excluding carboxylic acids is 1. The highest BCUT2D eigenvalue weighted by molar-refractivity contribution is 5.73. The van der Waals surface area contributed by atoms with E-state index >= 15 is 0 Å². The summed E-state index contributed by atoms with van der Waals surface area (Å²) in [7, 11) is 0. The molecule has 0 saturated carbocycles. The van der Waals surface area contributed by atoms with Crippen molar-refractivity contribution in [1.82, 2.24) is 10.6 Å². The molecule has 0 heterocycles. The van der Waals surface area contributed by atoms with Crippen LogP contribution in [-0.4, -0.2) is 30.4 Å². The van der Waals surface area contributed by atoms with Gasteiger partial charge in [-0.3, -0.25) is 0 Å². The Bertz CT molecular complexity index is 455. The average Bonchev–Trinajstić information content (AvgIpc) is 2.47. The predicted octanol–water partition coefficient (Wildman–Crippen LogP) is 2.18. The topological polar surface area (TPSA) is 70.6 Å². The van der Waals surface area contributed by atoms with Crippen LogP contribution in [0.4, 0.5) is 9.18 Å². The Labute approximate surface area is 124 Å². The van der Waals surface area contributed by atoms with Gasteiger partial charge in [0.25, 0.3) is 0 Å². The van der Waals surface area contributed by atoms with Gasteiger partial charge in [0.05, 0.1) is 12.7 Å². The molecule has 0 spiro atoms. The third-order valence-electron chi connectivity index (χ3n) is 2.98. The van der Waals surface area contributed by atoms with E-state index in [2.05, 4.69) is 10.6 Å². The average molecular weight is 298 g/mol. The van der Waals surface area contributed by atoms with Gasteiger partial charge < -0.3 is 20.5 Å². The smallest absolute Gasteiger partial charge is 0.315 e. The molecule has 1 rings (SSSR count). The van der Waals surface area contributed by atoms with Crippen molar-refractivity contribution in [3.8, 4) is 5.75 Å². The lowest BCUT2D eigenvalue weighted by Gasteiger charge is -2.11. The number of benzene rings is 1. The van der Waals surface area contributed by atoms with Gasteiger partial charge in [-0.25, -0.2) is 9.18 Å². The second-order valence-electron chi connectivity index (χ2n) is 4.66. The van der Waals surface area contributed by atoms with Gasteiger partial charge in [0.15, 0.2) is 11.6 Å². The maximum absolute atomic E-state index is 13.6. The summed E-state index contributed by atoms with van der Waals surface area (Å²) in [5.74, 6) is -0.234. The summed E-state index contributed by atoms with van der Waals surface area (Å²) in [5, 5.41) is 14.6. The van der Waals surface area contributed by atoms with Gasteiger partial charge >= 0.3 is 6.03 Å². The summed E-state index contributed by atoms with van der Waals surface area (Å²) in [6, 6.07) is 4.25. The molecule has 2 amide bonds. The minimum absolute atomic E-state index is 0.208. The normalized spacial score (nSPS) is 11.8.